The molecule has 202 valence electrons. The van der Waals surface area contributed by atoms with Crippen LogP contribution in [0.1, 0.15) is 51.2 Å². The van der Waals surface area contributed by atoms with Crippen LogP contribution in [0.15, 0.2) is 36.7 Å². The van der Waals surface area contributed by atoms with Gasteiger partial charge in [0.2, 0.25) is 17.7 Å². The van der Waals surface area contributed by atoms with Crippen molar-refractivity contribution in [2.75, 3.05) is 26.7 Å². The largest absolute Gasteiger partial charge is 0.496 e. The van der Waals surface area contributed by atoms with Crippen molar-refractivity contribution >= 4 is 17.7 Å². The first-order chi connectivity index (χ1) is 17.8. The van der Waals surface area contributed by atoms with E-state index < -0.39 is 12.1 Å². The van der Waals surface area contributed by atoms with Gasteiger partial charge in [-0.25, -0.2) is 0 Å². The van der Waals surface area contributed by atoms with Gasteiger partial charge in [-0.1, -0.05) is 19.9 Å². The van der Waals surface area contributed by atoms with Gasteiger partial charge in [-0.15, -0.1) is 0 Å². The van der Waals surface area contributed by atoms with E-state index in [1.54, 1.807) is 20.2 Å². The molecule has 37 heavy (non-hydrogen) atoms. The molecule has 0 spiro atoms. The molecule has 1 fully saturated rings. The molecule has 2 heterocycles. The van der Waals surface area contributed by atoms with Gasteiger partial charge in [0.25, 0.3) is 0 Å². The number of amides is 3. The molecule has 0 saturated carbocycles. The fraction of sp³-hybridized carbons (Fsp3) is 0.556. The topological polar surface area (TPSA) is 118 Å². The maximum atomic E-state index is 12.8. The zero-order valence-electron chi connectivity index (χ0n) is 22.3. The van der Waals surface area contributed by atoms with Gasteiger partial charge in [0.15, 0.2) is 0 Å². The van der Waals surface area contributed by atoms with Gasteiger partial charge < -0.3 is 20.7 Å². The van der Waals surface area contributed by atoms with Gasteiger partial charge in [-0.3, -0.25) is 24.0 Å². The molecule has 3 amide bonds. The summed E-state index contributed by atoms with van der Waals surface area (Å²) in [5, 5.41) is 12.8. The lowest BCUT2D eigenvalue weighted by atomic mass is 10.0. The predicted molar refractivity (Wildman–Crippen MR) is 141 cm³/mol. The lowest BCUT2D eigenvalue weighted by molar-refractivity contribution is -0.132. The van der Waals surface area contributed by atoms with Crippen molar-refractivity contribution in [1.29, 1.82) is 0 Å². The minimum absolute atomic E-state index is 0.0787. The molecule has 10 nitrogen and oxygen atoms in total. The summed E-state index contributed by atoms with van der Waals surface area (Å²) in [7, 11) is 1.66. The maximum absolute atomic E-state index is 12.8. The minimum Gasteiger partial charge on any atom is -0.496 e. The average Bonchev–Trinajstić information content (AvgIpc) is 3.37. The van der Waals surface area contributed by atoms with Crippen molar-refractivity contribution in [1.82, 2.24) is 30.6 Å². The summed E-state index contributed by atoms with van der Waals surface area (Å²) >= 11 is 0. The quantitative estimate of drug-likeness (QED) is 0.542. The standard InChI is InChI=1S/C27H40N6O4/c1-19(2)25-27(36)28-11-6-14-32(13-5-8-24(34)30-20(3)26(35)31-25)17-21-9-10-23(37-4)22(16-21)18-33-15-7-12-29-33/h7,9-10,12,15-16,19-20,25H,5-6,8,11,13-14,17-18H2,1-4H3,(H,28,36)(H,30,34)(H,31,35)/t20-,25-/m1/s1. The highest BCUT2D eigenvalue weighted by Gasteiger charge is 2.27. The first-order valence-corrected chi connectivity index (χ1v) is 13.0. The molecule has 2 atom stereocenters. The zero-order chi connectivity index (χ0) is 26.8. The highest BCUT2D eigenvalue weighted by Crippen LogP contribution is 2.22. The number of carbonyl (C=O) groups excluding carboxylic acids is 3. The van der Waals surface area contributed by atoms with Crippen molar-refractivity contribution in [2.24, 2.45) is 5.92 Å². The van der Waals surface area contributed by atoms with E-state index in [4.69, 9.17) is 4.74 Å². The fourth-order valence-corrected chi connectivity index (χ4v) is 4.43. The molecule has 1 aliphatic heterocycles. The first kappa shape index (κ1) is 28.2. The summed E-state index contributed by atoms with van der Waals surface area (Å²) in [6.07, 6.45) is 5.42. The van der Waals surface area contributed by atoms with Crippen LogP contribution in [-0.2, 0) is 27.5 Å². The summed E-state index contributed by atoms with van der Waals surface area (Å²) in [6.45, 7) is 8.72. The molecule has 1 aliphatic rings. The van der Waals surface area contributed by atoms with E-state index in [0.29, 0.717) is 32.5 Å². The first-order valence-electron chi connectivity index (χ1n) is 13.0. The van der Waals surface area contributed by atoms with Crippen LogP contribution in [0.5, 0.6) is 5.75 Å². The molecule has 0 bridgehead atoms. The van der Waals surface area contributed by atoms with E-state index in [9.17, 15) is 14.4 Å². The number of rotatable bonds is 6. The Kier molecular flexibility index (Phi) is 10.5. The van der Waals surface area contributed by atoms with Crippen molar-refractivity contribution in [3.05, 3.63) is 47.8 Å². The third-order valence-corrected chi connectivity index (χ3v) is 6.49. The Labute approximate surface area is 219 Å². The Hall–Kier alpha value is -3.40. The molecule has 0 unspecified atom stereocenters. The summed E-state index contributed by atoms with van der Waals surface area (Å²) in [5.41, 5.74) is 2.18. The van der Waals surface area contributed by atoms with Crippen molar-refractivity contribution in [3.63, 3.8) is 0 Å². The Morgan fingerprint density at radius 2 is 1.86 bits per heavy atom. The summed E-state index contributed by atoms with van der Waals surface area (Å²) < 4.78 is 7.42. The Bertz CT molecular complexity index is 1040. The molecule has 3 rings (SSSR count). The number of nitrogens with one attached hydrogen (secondary N) is 3. The van der Waals surface area contributed by atoms with Crippen molar-refractivity contribution < 1.29 is 19.1 Å². The second-order valence-electron chi connectivity index (χ2n) is 9.89. The van der Waals surface area contributed by atoms with Crippen LogP contribution in [0.25, 0.3) is 0 Å². The highest BCUT2D eigenvalue weighted by atomic mass is 16.5. The maximum Gasteiger partial charge on any atom is 0.242 e. The van der Waals surface area contributed by atoms with E-state index in [-0.39, 0.29) is 23.6 Å². The van der Waals surface area contributed by atoms with Gasteiger partial charge in [0, 0.05) is 44.0 Å². The Balaban J connectivity index is 1.71. The van der Waals surface area contributed by atoms with Gasteiger partial charge in [0.05, 0.1) is 13.7 Å². The van der Waals surface area contributed by atoms with Gasteiger partial charge in [-0.05, 0) is 56.0 Å². The van der Waals surface area contributed by atoms with E-state index in [1.807, 2.05) is 36.9 Å². The normalized spacial score (nSPS) is 20.9. The monoisotopic (exact) mass is 512 g/mol. The summed E-state index contributed by atoms with van der Waals surface area (Å²) in [5.74, 6) is -0.00227. The molecule has 2 aromatic rings. The fourth-order valence-electron chi connectivity index (χ4n) is 4.43. The lowest BCUT2D eigenvalue weighted by Gasteiger charge is -2.24. The van der Waals surface area contributed by atoms with E-state index in [0.717, 1.165) is 36.4 Å². The lowest BCUT2D eigenvalue weighted by Crippen LogP contribution is -2.54. The molecule has 0 radical (unpaired) electrons. The predicted octanol–water partition coefficient (Wildman–Crippen LogP) is 1.69. The van der Waals surface area contributed by atoms with Crippen molar-refractivity contribution in [2.45, 2.75) is 65.2 Å². The number of ether oxygens (including phenoxy) is 1. The number of carbonyl (C=O) groups is 3. The molecule has 1 aromatic carbocycles. The molecular formula is C27H40N6O4. The van der Waals surface area contributed by atoms with Crippen LogP contribution in [0.3, 0.4) is 0 Å². The second-order valence-corrected chi connectivity index (χ2v) is 9.89. The molecule has 3 N–H and O–H groups in total. The van der Waals surface area contributed by atoms with Gasteiger partial charge in [0.1, 0.15) is 17.8 Å². The summed E-state index contributed by atoms with van der Waals surface area (Å²) in [6, 6.07) is 6.70. The molecular weight excluding hydrogens is 472 g/mol. The number of hydrogen-bond donors (Lipinski definition) is 3. The van der Waals surface area contributed by atoms with Crippen LogP contribution < -0.4 is 20.7 Å². The van der Waals surface area contributed by atoms with E-state index in [2.05, 4.69) is 38.1 Å². The SMILES string of the molecule is COc1ccc(CN2CCCNC(=O)[C@@H](C(C)C)NC(=O)[C@@H](C)NC(=O)CCC2)cc1Cn1cccn1. The van der Waals surface area contributed by atoms with E-state index in [1.165, 1.54) is 0 Å². The molecule has 10 heteroatoms. The molecule has 1 aromatic heterocycles. The number of hydrogen-bond acceptors (Lipinski definition) is 6. The van der Waals surface area contributed by atoms with Gasteiger partial charge >= 0.3 is 0 Å². The van der Waals surface area contributed by atoms with E-state index >= 15 is 0 Å². The Morgan fingerprint density at radius 3 is 2.57 bits per heavy atom. The van der Waals surface area contributed by atoms with Crippen LogP contribution >= 0.6 is 0 Å². The average molecular weight is 513 g/mol. The van der Waals surface area contributed by atoms with Crippen LogP contribution in [0, 0.1) is 5.92 Å². The summed E-state index contributed by atoms with van der Waals surface area (Å²) in [4.78, 5) is 40.1. The van der Waals surface area contributed by atoms with Crippen molar-refractivity contribution in [3.8, 4) is 5.75 Å². The molecule has 1 saturated heterocycles. The van der Waals surface area contributed by atoms with Crippen LogP contribution in [0.2, 0.25) is 0 Å². The van der Waals surface area contributed by atoms with Crippen LogP contribution in [-0.4, -0.2) is 71.2 Å². The second kappa shape index (κ2) is 13.8. The minimum atomic E-state index is -0.713. The van der Waals surface area contributed by atoms with Gasteiger partial charge in [-0.2, -0.15) is 5.10 Å². The third kappa shape index (κ3) is 8.59. The number of methoxy groups -OCH3 is 1. The smallest absolute Gasteiger partial charge is 0.242 e. The number of aromatic nitrogens is 2. The highest BCUT2D eigenvalue weighted by molar-refractivity contribution is 5.91. The third-order valence-electron chi connectivity index (χ3n) is 6.49. The Morgan fingerprint density at radius 1 is 1.08 bits per heavy atom. The van der Waals surface area contributed by atoms with Crippen LogP contribution in [0.4, 0.5) is 0 Å². The number of nitrogens with zero attached hydrogens (tertiary/aromatic N) is 3. The zero-order valence-corrected chi connectivity index (χ0v) is 22.3. The molecule has 0 aliphatic carbocycles. The number of benzene rings is 1.